The molecule has 1 aromatic heterocycles. The molecule has 0 saturated heterocycles. The lowest BCUT2D eigenvalue weighted by Crippen LogP contribution is -2.10. The zero-order valence-corrected chi connectivity index (χ0v) is 12.5. The minimum atomic E-state index is -4.05. The highest BCUT2D eigenvalue weighted by molar-refractivity contribution is 7.87. The summed E-state index contributed by atoms with van der Waals surface area (Å²) < 4.78 is 43.1. The molecule has 0 N–H and O–H groups in total. The molecule has 0 fully saturated rings. The lowest BCUT2D eigenvalue weighted by Gasteiger charge is -2.09. The fourth-order valence-electron chi connectivity index (χ4n) is 2.08. The number of halogens is 1. The first kappa shape index (κ1) is 14.5. The smallest absolute Gasteiger partial charge is 0.339 e. The Labute approximate surface area is 127 Å². The molecule has 2 aromatic carbocycles. The van der Waals surface area contributed by atoms with Crippen molar-refractivity contribution in [2.75, 3.05) is 0 Å². The number of nitrogens with zero attached hydrogens (tertiary/aromatic N) is 1. The van der Waals surface area contributed by atoms with E-state index in [9.17, 15) is 12.8 Å². The highest BCUT2D eigenvalue weighted by atomic mass is 32.2. The Balaban J connectivity index is 2.05. The predicted molar refractivity (Wildman–Crippen MR) is 80.7 cm³/mol. The maximum absolute atomic E-state index is 13.3. The van der Waals surface area contributed by atoms with Crippen molar-refractivity contribution in [3.8, 4) is 5.75 Å². The van der Waals surface area contributed by atoms with E-state index in [1.165, 1.54) is 25.1 Å². The summed E-state index contributed by atoms with van der Waals surface area (Å²) in [6, 6.07) is 12.1. The predicted octanol–water partition coefficient (Wildman–Crippen LogP) is 3.45. The van der Waals surface area contributed by atoms with Crippen LogP contribution in [-0.4, -0.2) is 13.4 Å². The van der Waals surface area contributed by atoms with Gasteiger partial charge in [0.2, 0.25) is 0 Å². The van der Waals surface area contributed by atoms with Crippen molar-refractivity contribution in [1.82, 2.24) is 4.98 Å². The van der Waals surface area contributed by atoms with Crippen LogP contribution in [0.25, 0.3) is 10.9 Å². The number of hydrogen-bond donors (Lipinski definition) is 0. The molecule has 0 saturated carbocycles. The second-order valence-corrected chi connectivity index (χ2v) is 6.33. The molecule has 4 nitrogen and oxygen atoms in total. The molecular formula is C16H12FNO3S. The number of hydrogen-bond acceptors (Lipinski definition) is 4. The molecule has 0 aliphatic heterocycles. The highest BCUT2D eigenvalue weighted by Gasteiger charge is 2.19. The molecule has 112 valence electrons. The molecule has 1 heterocycles. The van der Waals surface area contributed by atoms with Gasteiger partial charge in [0.15, 0.2) is 5.75 Å². The van der Waals surface area contributed by atoms with Gasteiger partial charge in [-0.05, 0) is 42.8 Å². The second-order valence-electron chi connectivity index (χ2n) is 4.78. The highest BCUT2D eigenvalue weighted by Crippen LogP contribution is 2.26. The van der Waals surface area contributed by atoms with Crippen molar-refractivity contribution >= 4 is 21.0 Å². The quantitative estimate of drug-likeness (QED) is 0.694. The number of fused-ring (bicyclic) bond motifs is 1. The Kier molecular flexibility index (Phi) is 3.54. The summed E-state index contributed by atoms with van der Waals surface area (Å²) in [6.45, 7) is 1.49. The molecule has 0 amide bonds. The van der Waals surface area contributed by atoms with Crippen LogP contribution in [0.15, 0.2) is 59.6 Å². The van der Waals surface area contributed by atoms with E-state index < -0.39 is 15.9 Å². The topological polar surface area (TPSA) is 56.3 Å². The minimum Gasteiger partial charge on any atom is -0.377 e. The zero-order chi connectivity index (χ0) is 15.7. The van der Waals surface area contributed by atoms with Gasteiger partial charge in [0.1, 0.15) is 16.2 Å². The molecule has 3 aromatic rings. The molecule has 0 unspecified atom stereocenters. The van der Waals surface area contributed by atoms with Gasteiger partial charge in [0.05, 0.1) is 0 Å². The molecule has 6 heteroatoms. The van der Waals surface area contributed by atoms with Crippen LogP contribution in [0.5, 0.6) is 5.75 Å². The number of pyridine rings is 1. The standard InChI is InChI=1S/C16H12FNO3S/c1-11-10-13(7-8-14(11)17)22(19,20)21-15-6-2-4-12-5-3-9-18-16(12)15/h2-10H,1H3. The van der Waals surface area contributed by atoms with E-state index in [0.29, 0.717) is 5.52 Å². The van der Waals surface area contributed by atoms with Gasteiger partial charge in [0.25, 0.3) is 0 Å². The van der Waals surface area contributed by atoms with Crippen LogP contribution in [0, 0.1) is 12.7 Å². The Morgan fingerprint density at radius 2 is 1.86 bits per heavy atom. The van der Waals surface area contributed by atoms with Crippen molar-refractivity contribution in [2.24, 2.45) is 0 Å². The molecule has 3 rings (SSSR count). The monoisotopic (exact) mass is 317 g/mol. The molecule has 0 radical (unpaired) electrons. The third-order valence-electron chi connectivity index (χ3n) is 3.21. The van der Waals surface area contributed by atoms with Crippen molar-refractivity contribution in [3.63, 3.8) is 0 Å². The van der Waals surface area contributed by atoms with Crippen LogP contribution in [0.2, 0.25) is 0 Å². The van der Waals surface area contributed by atoms with Gasteiger partial charge in [-0.1, -0.05) is 18.2 Å². The normalized spacial score (nSPS) is 11.5. The van der Waals surface area contributed by atoms with Crippen LogP contribution in [0.1, 0.15) is 5.56 Å². The number of para-hydroxylation sites is 1. The summed E-state index contributed by atoms with van der Waals surface area (Å²) in [4.78, 5) is 4.04. The maximum Gasteiger partial charge on any atom is 0.339 e. The zero-order valence-electron chi connectivity index (χ0n) is 11.7. The van der Waals surface area contributed by atoms with Gasteiger partial charge in [-0.25, -0.2) is 4.39 Å². The fourth-order valence-corrected chi connectivity index (χ4v) is 3.11. The number of rotatable bonds is 3. The largest absolute Gasteiger partial charge is 0.377 e. The van der Waals surface area contributed by atoms with Crippen molar-refractivity contribution in [3.05, 3.63) is 66.1 Å². The molecule has 0 aliphatic carbocycles. The molecule has 0 spiro atoms. The van der Waals surface area contributed by atoms with Gasteiger partial charge >= 0.3 is 10.1 Å². The molecule has 0 atom stereocenters. The molecule has 0 bridgehead atoms. The first-order chi connectivity index (χ1) is 10.5. The maximum atomic E-state index is 13.3. The summed E-state index contributed by atoms with van der Waals surface area (Å²) in [5, 5.41) is 0.769. The second kappa shape index (κ2) is 5.38. The lowest BCUT2D eigenvalue weighted by atomic mass is 10.2. The first-order valence-electron chi connectivity index (χ1n) is 6.52. The third kappa shape index (κ3) is 2.65. The summed E-state index contributed by atoms with van der Waals surface area (Å²) in [7, 11) is -4.05. The van der Waals surface area contributed by atoms with Gasteiger partial charge < -0.3 is 4.18 Å². The Morgan fingerprint density at radius 3 is 2.64 bits per heavy atom. The van der Waals surface area contributed by atoms with Crippen molar-refractivity contribution in [2.45, 2.75) is 11.8 Å². The van der Waals surface area contributed by atoms with Crippen LogP contribution < -0.4 is 4.18 Å². The van der Waals surface area contributed by atoms with E-state index in [1.54, 1.807) is 18.3 Å². The minimum absolute atomic E-state index is 0.0978. The summed E-state index contributed by atoms with van der Waals surface area (Å²) in [6.07, 6.45) is 1.56. The molecule has 0 aliphatic rings. The average molecular weight is 317 g/mol. The van der Waals surface area contributed by atoms with Gasteiger partial charge in [-0.3, -0.25) is 4.98 Å². The fraction of sp³-hybridized carbons (Fsp3) is 0.0625. The summed E-state index contributed by atoms with van der Waals surface area (Å²) >= 11 is 0. The number of aryl methyl sites for hydroxylation is 1. The van der Waals surface area contributed by atoms with E-state index in [1.807, 2.05) is 12.1 Å². The van der Waals surface area contributed by atoms with Crippen LogP contribution in [0.3, 0.4) is 0 Å². The van der Waals surface area contributed by atoms with E-state index in [0.717, 1.165) is 11.5 Å². The number of aromatic nitrogens is 1. The Hall–Kier alpha value is -2.47. The summed E-state index contributed by atoms with van der Waals surface area (Å²) in [5.74, 6) is -0.328. The van der Waals surface area contributed by atoms with E-state index in [-0.39, 0.29) is 16.2 Å². The van der Waals surface area contributed by atoms with E-state index >= 15 is 0 Å². The van der Waals surface area contributed by atoms with Crippen molar-refractivity contribution in [1.29, 1.82) is 0 Å². The molecule has 22 heavy (non-hydrogen) atoms. The lowest BCUT2D eigenvalue weighted by molar-refractivity contribution is 0.487. The van der Waals surface area contributed by atoms with Gasteiger partial charge in [-0.2, -0.15) is 8.42 Å². The van der Waals surface area contributed by atoms with Gasteiger partial charge in [-0.15, -0.1) is 0 Å². The van der Waals surface area contributed by atoms with Crippen LogP contribution in [0.4, 0.5) is 4.39 Å². The Morgan fingerprint density at radius 1 is 1.09 bits per heavy atom. The summed E-state index contributed by atoms with van der Waals surface area (Å²) in [5.41, 5.74) is 0.688. The average Bonchev–Trinajstić information content (AvgIpc) is 2.50. The van der Waals surface area contributed by atoms with E-state index in [4.69, 9.17) is 4.18 Å². The van der Waals surface area contributed by atoms with Gasteiger partial charge in [0, 0.05) is 11.6 Å². The number of benzene rings is 2. The van der Waals surface area contributed by atoms with Crippen LogP contribution in [-0.2, 0) is 10.1 Å². The SMILES string of the molecule is Cc1cc(S(=O)(=O)Oc2cccc3cccnc23)ccc1F. The Bertz CT molecular complexity index is 949. The van der Waals surface area contributed by atoms with Crippen molar-refractivity contribution < 1.29 is 17.0 Å². The van der Waals surface area contributed by atoms with Crippen LogP contribution >= 0.6 is 0 Å². The van der Waals surface area contributed by atoms with E-state index in [2.05, 4.69) is 4.98 Å². The third-order valence-corrected chi connectivity index (χ3v) is 4.44. The molecular weight excluding hydrogens is 305 g/mol. The first-order valence-corrected chi connectivity index (χ1v) is 7.92.